The second-order valence-electron chi connectivity index (χ2n) is 8.64. The number of anilines is 1. The second-order valence-corrected chi connectivity index (χ2v) is 9.45. The molecule has 184 valence electrons. The third-order valence-corrected chi connectivity index (χ3v) is 6.87. The van der Waals surface area contributed by atoms with Crippen molar-refractivity contribution in [2.45, 2.75) is 45.1 Å². The van der Waals surface area contributed by atoms with Crippen molar-refractivity contribution in [2.75, 3.05) is 18.4 Å². The molecule has 35 heavy (non-hydrogen) atoms. The molecular weight excluding hydrogens is 485 g/mol. The molecule has 2 N–H and O–H groups in total. The third kappa shape index (κ3) is 6.35. The molecule has 3 amide bonds. The first-order valence-corrected chi connectivity index (χ1v) is 12.7. The van der Waals surface area contributed by atoms with Gasteiger partial charge in [0.05, 0.1) is 21.4 Å². The van der Waals surface area contributed by atoms with Gasteiger partial charge in [0.2, 0.25) is 5.91 Å². The van der Waals surface area contributed by atoms with Gasteiger partial charge in [0.15, 0.2) is 0 Å². The molecule has 1 aromatic heterocycles. The number of benzene rings is 2. The summed E-state index contributed by atoms with van der Waals surface area (Å²) in [5.74, 6) is 0.155. The topological polar surface area (TPSA) is 79.3 Å². The molecule has 0 radical (unpaired) electrons. The van der Waals surface area contributed by atoms with E-state index in [0.717, 1.165) is 31.2 Å². The van der Waals surface area contributed by atoms with E-state index in [1.54, 1.807) is 28.9 Å². The summed E-state index contributed by atoms with van der Waals surface area (Å²) in [7, 11) is 0. The van der Waals surface area contributed by atoms with Gasteiger partial charge in [-0.2, -0.15) is 5.10 Å². The SMILES string of the molecule is CCN(CC(=O)Nc1cc(-c2ccccc2)nn1-c1ccc(Cl)c(Cl)c1)C(=O)NC1CCCCC1. The highest BCUT2D eigenvalue weighted by Gasteiger charge is 2.22. The molecule has 3 aromatic rings. The Labute approximate surface area is 215 Å². The summed E-state index contributed by atoms with van der Waals surface area (Å²) in [5.41, 5.74) is 2.25. The molecular formula is C26H29Cl2N5O2. The lowest BCUT2D eigenvalue weighted by Gasteiger charge is -2.27. The van der Waals surface area contributed by atoms with Gasteiger partial charge < -0.3 is 15.5 Å². The Morgan fingerprint density at radius 1 is 1.03 bits per heavy atom. The smallest absolute Gasteiger partial charge is 0.318 e. The maximum atomic E-state index is 13.0. The minimum absolute atomic E-state index is 0.0672. The molecule has 7 nitrogen and oxygen atoms in total. The van der Waals surface area contributed by atoms with Crippen molar-refractivity contribution in [3.8, 4) is 16.9 Å². The van der Waals surface area contributed by atoms with Crippen molar-refractivity contribution in [1.29, 1.82) is 0 Å². The van der Waals surface area contributed by atoms with Crippen molar-refractivity contribution >= 4 is 41.0 Å². The third-order valence-electron chi connectivity index (χ3n) is 6.13. The summed E-state index contributed by atoms with van der Waals surface area (Å²) in [6.45, 7) is 2.22. The molecule has 1 aliphatic rings. The van der Waals surface area contributed by atoms with Gasteiger partial charge in [-0.25, -0.2) is 9.48 Å². The van der Waals surface area contributed by atoms with Crippen LogP contribution in [0.15, 0.2) is 54.6 Å². The maximum absolute atomic E-state index is 13.0. The number of urea groups is 1. The normalized spacial score (nSPS) is 13.9. The fourth-order valence-electron chi connectivity index (χ4n) is 4.23. The predicted molar refractivity (Wildman–Crippen MR) is 140 cm³/mol. The zero-order valence-electron chi connectivity index (χ0n) is 19.6. The number of likely N-dealkylation sites (N-methyl/N-ethyl adjacent to an activating group) is 1. The van der Waals surface area contributed by atoms with Crippen LogP contribution in [-0.4, -0.2) is 45.8 Å². The molecule has 0 unspecified atom stereocenters. The first-order valence-electron chi connectivity index (χ1n) is 11.9. The predicted octanol–water partition coefficient (Wildman–Crippen LogP) is 6.15. The molecule has 0 bridgehead atoms. The second kappa shape index (κ2) is 11.6. The van der Waals surface area contributed by atoms with Gasteiger partial charge in [0, 0.05) is 24.2 Å². The number of aromatic nitrogens is 2. The Hall–Kier alpha value is -3.03. The van der Waals surface area contributed by atoms with Gasteiger partial charge in [-0.3, -0.25) is 4.79 Å². The van der Waals surface area contributed by atoms with Crippen LogP contribution in [0.1, 0.15) is 39.0 Å². The lowest BCUT2D eigenvalue weighted by Crippen LogP contribution is -2.48. The number of hydrogen-bond acceptors (Lipinski definition) is 3. The van der Waals surface area contributed by atoms with Crippen LogP contribution in [0.5, 0.6) is 0 Å². The first kappa shape index (κ1) is 25.1. The Bertz CT molecular complexity index is 1180. The summed E-state index contributed by atoms with van der Waals surface area (Å²) < 4.78 is 1.61. The molecule has 4 rings (SSSR count). The molecule has 1 aliphatic carbocycles. The van der Waals surface area contributed by atoms with Gasteiger partial charge >= 0.3 is 6.03 Å². The Balaban J connectivity index is 1.53. The van der Waals surface area contributed by atoms with Gasteiger partial charge in [-0.15, -0.1) is 0 Å². The van der Waals surface area contributed by atoms with Crippen LogP contribution >= 0.6 is 23.2 Å². The fraction of sp³-hybridized carbons (Fsp3) is 0.346. The van der Waals surface area contributed by atoms with Crippen LogP contribution < -0.4 is 10.6 Å². The lowest BCUT2D eigenvalue weighted by atomic mass is 9.96. The van der Waals surface area contributed by atoms with E-state index in [4.69, 9.17) is 28.3 Å². The van der Waals surface area contributed by atoms with E-state index in [1.807, 2.05) is 37.3 Å². The quantitative estimate of drug-likeness (QED) is 0.397. The summed E-state index contributed by atoms with van der Waals surface area (Å²) in [5, 5.41) is 11.5. The molecule has 1 fully saturated rings. The highest BCUT2D eigenvalue weighted by molar-refractivity contribution is 6.42. The largest absolute Gasteiger partial charge is 0.335 e. The number of nitrogens with one attached hydrogen (secondary N) is 2. The molecule has 1 heterocycles. The van der Waals surface area contributed by atoms with Gasteiger partial charge in [-0.1, -0.05) is 72.8 Å². The van der Waals surface area contributed by atoms with Gasteiger partial charge in [-0.05, 0) is 38.0 Å². The number of nitrogens with zero attached hydrogens (tertiary/aromatic N) is 3. The average Bonchev–Trinajstić information content (AvgIpc) is 3.29. The van der Waals surface area contributed by atoms with E-state index in [0.29, 0.717) is 33.8 Å². The van der Waals surface area contributed by atoms with Crippen molar-refractivity contribution < 1.29 is 9.59 Å². The first-order chi connectivity index (χ1) is 16.9. The maximum Gasteiger partial charge on any atom is 0.318 e. The number of rotatable bonds is 7. The van der Waals surface area contributed by atoms with E-state index in [2.05, 4.69) is 10.6 Å². The molecule has 0 saturated heterocycles. The molecule has 1 saturated carbocycles. The summed E-state index contributed by atoms with van der Waals surface area (Å²) in [6.07, 6.45) is 5.44. The van der Waals surface area contributed by atoms with Crippen molar-refractivity contribution in [3.63, 3.8) is 0 Å². The molecule has 0 aliphatic heterocycles. The van der Waals surface area contributed by atoms with Crippen LogP contribution in [0.4, 0.5) is 10.6 Å². The zero-order valence-corrected chi connectivity index (χ0v) is 21.1. The van der Waals surface area contributed by atoms with E-state index in [1.165, 1.54) is 11.3 Å². The van der Waals surface area contributed by atoms with Crippen LogP contribution in [0.25, 0.3) is 16.9 Å². The number of carbonyl (C=O) groups excluding carboxylic acids is 2. The van der Waals surface area contributed by atoms with Gasteiger partial charge in [0.25, 0.3) is 0 Å². The highest BCUT2D eigenvalue weighted by Crippen LogP contribution is 2.29. The standard InChI is InChI=1S/C26H29Cl2N5O2/c1-2-32(26(35)29-19-11-7-4-8-12-19)17-25(34)30-24-16-23(18-9-5-3-6-10-18)31-33(24)20-13-14-21(27)22(28)15-20/h3,5-6,9-10,13-16,19H,2,4,7-8,11-12,17H2,1H3,(H,29,35)(H,30,34). The van der Waals surface area contributed by atoms with Crippen molar-refractivity contribution in [3.05, 3.63) is 64.6 Å². The molecule has 0 spiro atoms. The number of carbonyl (C=O) groups is 2. The van der Waals surface area contributed by atoms with Crippen LogP contribution in [-0.2, 0) is 4.79 Å². The van der Waals surface area contributed by atoms with Crippen LogP contribution in [0.2, 0.25) is 10.0 Å². The molecule has 0 atom stereocenters. The van der Waals surface area contributed by atoms with Crippen molar-refractivity contribution in [1.82, 2.24) is 20.0 Å². The number of amides is 3. The van der Waals surface area contributed by atoms with Crippen molar-refractivity contribution in [2.24, 2.45) is 0 Å². The van der Waals surface area contributed by atoms with Gasteiger partial charge in [0.1, 0.15) is 12.4 Å². The number of halogens is 2. The van der Waals surface area contributed by atoms with E-state index < -0.39 is 0 Å². The van der Waals surface area contributed by atoms with Crippen LogP contribution in [0, 0.1) is 0 Å². The number of hydrogen-bond donors (Lipinski definition) is 2. The molecule has 9 heteroatoms. The van der Waals surface area contributed by atoms with E-state index in [9.17, 15) is 9.59 Å². The minimum atomic E-state index is -0.313. The highest BCUT2D eigenvalue weighted by atomic mass is 35.5. The fourth-order valence-corrected chi connectivity index (χ4v) is 4.52. The lowest BCUT2D eigenvalue weighted by molar-refractivity contribution is -0.116. The summed E-state index contributed by atoms with van der Waals surface area (Å²) >= 11 is 12.3. The summed E-state index contributed by atoms with van der Waals surface area (Å²) in [4.78, 5) is 27.3. The van der Waals surface area contributed by atoms with E-state index in [-0.39, 0.29) is 24.5 Å². The van der Waals surface area contributed by atoms with E-state index >= 15 is 0 Å². The average molecular weight is 514 g/mol. The Kier molecular flexibility index (Phi) is 8.31. The molecule has 2 aromatic carbocycles. The van der Waals surface area contributed by atoms with Crippen LogP contribution in [0.3, 0.4) is 0 Å². The Morgan fingerprint density at radius 2 is 1.77 bits per heavy atom. The zero-order chi connectivity index (χ0) is 24.8. The summed E-state index contributed by atoms with van der Waals surface area (Å²) in [6, 6.07) is 16.6. The monoisotopic (exact) mass is 513 g/mol. The Morgan fingerprint density at radius 3 is 2.46 bits per heavy atom. The minimum Gasteiger partial charge on any atom is -0.335 e.